The Morgan fingerprint density at radius 2 is 1.96 bits per heavy atom. The lowest BCUT2D eigenvalue weighted by Gasteiger charge is -2.16. The van der Waals surface area contributed by atoms with E-state index in [1.807, 2.05) is 0 Å². The molecule has 2 rings (SSSR count). The number of carbonyl (C=O) groups excluding carboxylic acids is 2. The van der Waals surface area contributed by atoms with Crippen molar-refractivity contribution in [3.8, 4) is 11.5 Å². The second-order valence-corrected chi connectivity index (χ2v) is 5.39. The molecule has 1 N–H and O–H groups in total. The number of methoxy groups -OCH3 is 2. The van der Waals surface area contributed by atoms with Crippen molar-refractivity contribution in [3.63, 3.8) is 0 Å². The van der Waals surface area contributed by atoms with Gasteiger partial charge in [-0.25, -0.2) is 0 Å². The van der Waals surface area contributed by atoms with E-state index in [0.717, 1.165) is 0 Å². The van der Waals surface area contributed by atoms with Gasteiger partial charge >= 0.3 is 0 Å². The summed E-state index contributed by atoms with van der Waals surface area (Å²) in [6, 6.07) is 8.19. The van der Waals surface area contributed by atoms with Gasteiger partial charge < -0.3 is 28.8 Å². The highest BCUT2D eigenvalue weighted by Crippen LogP contribution is 2.30. The largest absolute Gasteiger partial charge is 0.493 e. The molecule has 0 radical (unpaired) electrons. The molecule has 1 aromatic heterocycles. The molecule has 2 amide bonds. The van der Waals surface area contributed by atoms with Crippen LogP contribution in [0.2, 0.25) is 0 Å². The first-order valence-electron chi connectivity index (χ1n) is 7.93. The molecule has 2 aromatic rings. The van der Waals surface area contributed by atoms with E-state index >= 15 is 0 Å². The van der Waals surface area contributed by atoms with Crippen molar-refractivity contribution in [1.82, 2.24) is 4.90 Å². The second kappa shape index (κ2) is 9.47. The van der Waals surface area contributed by atoms with Crippen molar-refractivity contribution in [2.24, 2.45) is 0 Å². The number of ether oxygens (including phenoxy) is 3. The van der Waals surface area contributed by atoms with E-state index in [4.69, 9.17) is 18.6 Å². The van der Waals surface area contributed by atoms with Crippen molar-refractivity contribution >= 4 is 17.5 Å². The lowest BCUT2D eigenvalue weighted by molar-refractivity contribution is -0.116. The maximum absolute atomic E-state index is 12.2. The first kappa shape index (κ1) is 19.3. The number of furan rings is 1. The van der Waals surface area contributed by atoms with E-state index in [9.17, 15) is 9.59 Å². The van der Waals surface area contributed by atoms with Crippen LogP contribution in [-0.2, 0) is 9.53 Å². The summed E-state index contributed by atoms with van der Waals surface area (Å²) in [6.45, 7) is 0.662. The van der Waals surface area contributed by atoms with E-state index < -0.39 is 0 Å². The molecule has 8 nitrogen and oxygen atoms in total. The molecule has 0 spiro atoms. The number of hydrogen-bond acceptors (Lipinski definition) is 6. The van der Waals surface area contributed by atoms with Gasteiger partial charge in [0.25, 0.3) is 5.91 Å². The van der Waals surface area contributed by atoms with E-state index in [1.165, 1.54) is 25.3 Å². The highest BCUT2D eigenvalue weighted by molar-refractivity contribution is 5.98. The molecule has 0 fully saturated rings. The Morgan fingerprint density at radius 1 is 1.15 bits per heavy atom. The van der Waals surface area contributed by atoms with Gasteiger partial charge in [0.15, 0.2) is 17.3 Å². The summed E-state index contributed by atoms with van der Waals surface area (Å²) in [5.74, 6) is 0.494. The highest BCUT2D eigenvalue weighted by atomic mass is 16.5. The fourth-order valence-electron chi connectivity index (χ4n) is 2.18. The van der Waals surface area contributed by atoms with Crippen molar-refractivity contribution in [1.29, 1.82) is 0 Å². The average Bonchev–Trinajstić information content (AvgIpc) is 3.16. The first-order chi connectivity index (χ1) is 12.5. The third-order valence-electron chi connectivity index (χ3n) is 3.45. The number of rotatable bonds is 9. The number of benzene rings is 1. The van der Waals surface area contributed by atoms with Gasteiger partial charge in [0.1, 0.15) is 6.61 Å². The predicted octanol–water partition coefficient (Wildman–Crippen LogP) is 2.02. The molecule has 1 aromatic carbocycles. The molecule has 0 saturated heterocycles. The SMILES string of the molecule is COCCOc1cc(NC(=O)CN(C)C(=O)c2ccco2)ccc1OC. The number of likely N-dealkylation sites (N-methyl/N-ethyl adjacent to an activating group) is 1. The van der Waals surface area contributed by atoms with Crippen LogP contribution in [0.5, 0.6) is 11.5 Å². The number of amides is 2. The third kappa shape index (κ3) is 5.25. The fraction of sp³-hybridized carbons (Fsp3) is 0.333. The van der Waals surface area contributed by atoms with Crippen LogP contribution in [0.15, 0.2) is 41.0 Å². The maximum Gasteiger partial charge on any atom is 0.289 e. The lowest BCUT2D eigenvalue weighted by Crippen LogP contribution is -2.34. The molecule has 26 heavy (non-hydrogen) atoms. The van der Waals surface area contributed by atoms with Gasteiger partial charge in [-0.2, -0.15) is 0 Å². The lowest BCUT2D eigenvalue weighted by atomic mass is 10.2. The Balaban J connectivity index is 1.97. The molecule has 0 aliphatic heterocycles. The quantitative estimate of drug-likeness (QED) is 0.687. The summed E-state index contributed by atoms with van der Waals surface area (Å²) < 4.78 is 20.8. The molecule has 0 aliphatic carbocycles. The van der Waals surface area contributed by atoms with Crippen LogP contribution in [-0.4, -0.2) is 57.7 Å². The summed E-state index contributed by atoms with van der Waals surface area (Å²) >= 11 is 0. The molecule has 0 saturated carbocycles. The molecule has 1 heterocycles. The average molecular weight is 362 g/mol. The molecular weight excluding hydrogens is 340 g/mol. The molecular formula is C18H22N2O6. The summed E-state index contributed by atoms with van der Waals surface area (Å²) in [4.78, 5) is 25.5. The summed E-state index contributed by atoms with van der Waals surface area (Å²) in [5.41, 5.74) is 0.530. The molecule has 8 heteroatoms. The van der Waals surface area contributed by atoms with Gasteiger partial charge in [-0.15, -0.1) is 0 Å². The zero-order chi connectivity index (χ0) is 18.9. The zero-order valence-electron chi connectivity index (χ0n) is 15.0. The van der Waals surface area contributed by atoms with Crippen molar-refractivity contribution in [3.05, 3.63) is 42.4 Å². The van der Waals surface area contributed by atoms with Gasteiger partial charge in [0.05, 0.1) is 26.5 Å². The third-order valence-corrected chi connectivity index (χ3v) is 3.45. The Bertz CT molecular complexity index is 729. The van der Waals surface area contributed by atoms with Gasteiger partial charge in [-0.3, -0.25) is 9.59 Å². The summed E-state index contributed by atoms with van der Waals surface area (Å²) in [7, 11) is 4.64. The van der Waals surface area contributed by atoms with Crippen molar-refractivity contribution < 1.29 is 28.2 Å². The molecule has 0 unspecified atom stereocenters. The van der Waals surface area contributed by atoms with E-state index in [2.05, 4.69) is 5.32 Å². The van der Waals surface area contributed by atoms with Gasteiger partial charge in [0.2, 0.25) is 5.91 Å². The minimum absolute atomic E-state index is 0.120. The molecule has 0 bridgehead atoms. The first-order valence-corrected chi connectivity index (χ1v) is 7.93. The Morgan fingerprint density at radius 3 is 2.62 bits per heavy atom. The minimum Gasteiger partial charge on any atom is -0.493 e. The number of carbonyl (C=O) groups is 2. The standard InChI is InChI=1S/C18H22N2O6/c1-20(18(22)15-5-4-8-25-15)12-17(21)19-13-6-7-14(24-3)16(11-13)26-10-9-23-2/h4-8,11H,9-10,12H2,1-3H3,(H,19,21). The van der Waals surface area contributed by atoms with Crippen LogP contribution in [0.3, 0.4) is 0 Å². The number of nitrogens with one attached hydrogen (secondary N) is 1. The zero-order valence-corrected chi connectivity index (χ0v) is 15.0. The van der Waals surface area contributed by atoms with Gasteiger partial charge in [-0.1, -0.05) is 0 Å². The van der Waals surface area contributed by atoms with Gasteiger partial charge in [0, 0.05) is 25.9 Å². The van der Waals surface area contributed by atoms with Crippen molar-refractivity contribution in [2.45, 2.75) is 0 Å². The fourth-order valence-corrected chi connectivity index (χ4v) is 2.18. The van der Waals surface area contributed by atoms with Crippen LogP contribution in [0.4, 0.5) is 5.69 Å². The van der Waals surface area contributed by atoms with Crippen LogP contribution < -0.4 is 14.8 Å². The minimum atomic E-state index is -0.372. The smallest absolute Gasteiger partial charge is 0.289 e. The van der Waals surface area contributed by atoms with E-state index in [-0.39, 0.29) is 24.1 Å². The van der Waals surface area contributed by atoms with Crippen molar-refractivity contribution in [2.75, 3.05) is 46.3 Å². The normalized spacial score (nSPS) is 10.3. The molecule has 0 aliphatic rings. The van der Waals surface area contributed by atoms with Crippen LogP contribution in [0, 0.1) is 0 Å². The monoisotopic (exact) mass is 362 g/mol. The Labute approximate surface area is 151 Å². The topological polar surface area (TPSA) is 90.2 Å². The molecule has 0 atom stereocenters. The predicted molar refractivity (Wildman–Crippen MR) is 94.7 cm³/mol. The molecule has 140 valence electrons. The van der Waals surface area contributed by atoms with E-state index in [1.54, 1.807) is 37.4 Å². The number of hydrogen-bond donors (Lipinski definition) is 1. The van der Waals surface area contributed by atoms with Crippen LogP contribution in [0.1, 0.15) is 10.6 Å². The second-order valence-electron chi connectivity index (χ2n) is 5.39. The van der Waals surface area contributed by atoms with Crippen LogP contribution in [0.25, 0.3) is 0 Å². The Kier molecular flexibility index (Phi) is 7.04. The Hall–Kier alpha value is -3.00. The summed E-state index contributed by atoms with van der Waals surface area (Å²) in [5, 5.41) is 2.72. The van der Waals surface area contributed by atoms with E-state index in [0.29, 0.717) is 30.4 Å². The van der Waals surface area contributed by atoms with Gasteiger partial charge in [-0.05, 0) is 24.3 Å². The highest BCUT2D eigenvalue weighted by Gasteiger charge is 2.17. The maximum atomic E-state index is 12.2. The van der Waals surface area contributed by atoms with Crippen LogP contribution >= 0.6 is 0 Å². The summed E-state index contributed by atoms with van der Waals surface area (Å²) in [6.07, 6.45) is 1.41. The number of nitrogens with zero attached hydrogens (tertiary/aromatic N) is 1. The number of anilines is 1.